The Morgan fingerprint density at radius 3 is 1.50 bits per heavy atom. The zero-order valence-electron chi connectivity index (χ0n) is 5.61. The first kappa shape index (κ1) is 8.51. The Bertz CT molecular complexity index is 235. The van der Waals surface area contributed by atoms with Crippen LogP contribution in [0.5, 0.6) is 11.5 Å². The van der Waals surface area contributed by atoms with Gasteiger partial charge in [0.2, 0.25) is 5.82 Å². The number of aromatic hydroxyl groups is 2. The molecule has 0 radical (unpaired) electrons. The number of anilines is 1. The maximum absolute atomic E-state index is 12.5. The van der Waals surface area contributed by atoms with Gasteiger partial charge in [0.25, 0.3) is 0 Å². The van der Waals surface area contributed by atoms with Gasteiger partial charge in [-0.25, -0.2) is 8.78 Å². The number of hydrogen-bond acceptors (Lipinski definition) is 3. The van der Waals surface area contributed by atoms with E-state index in [1.807, 2.05) is 0 Å². The minimum absolute atomic E-state index is 1.12. The SMILES string of the molecule is Nc1c(F)c(O)c(F)c(O)c1F. The molecule has 0 unspecified atom stereocenters. The molecule has 66 valence electrons. The highest BCUT2D eigenvalue weighted by Gasteiger charge is 2.22. The fraction of sp³-hybridized carbons (Fsp3) is 0. The van der Waals surface area contributed by atoms with Gasteiger partial charge in [-0.1, -0.05) is 0 Å². The maximum atomic E-state index is 12.5. The number of phenolic OH excluding ortho intramolecular Hbond substituents is 2. The van der Waals surface area contributed by atoms with E-state index in [0.29, 0.717) is 0 Å². The Labute approximate surface area is 64.9 Å². The minimum atomic E-state index is -1.76. The van der Waals surface area contributed by atoms with Gasteiger partial charge in [-0.05, 0) is 0 Å². The molecule has 0 saturated carbocycles. The molecule has 4 N–H and O–H groups in total. The molecule has 12 heavy (non-hydrogen) atoms. The standard InChI is InChI=1S/C6H4F3NO2/c7-1-4(10)2(8)6(12)3(9)5(1)11/h11-12H,10H2. The Hall–Kier alpha value is -1.59. The average molecular weight is 179 g/mol. The van der Waals surface area contributed by atoms with Gasteiger partial charge >= 0.3 is 0 Å². The molecule has 6 heteroatoms. The summed E-state index contributed by atoms with van der Waals surface area (Å²) in [6, 6.07) is 0. The second-order valence-corrected chi connectivity index (χ2v) is 2.05. The van der Waals surface area contributed by atoms with Crippen molar-refractivity contribution in [1.82, 2.24) is 0 Å². The van der Waals surface area contributed by atoms with Crippen LogP contribution in [0, 0.1) is 17.5 Å². The van der Waals surface area contributed by atoms with Crippen molar-refractivity contribution >= 4 is 5.69 Å². The normalized spacial score (nSPS) is 10.2. The lowest BCUT2D eigenvalue weighted by Crippen LogP contribution is -1.98. The van der Waals surface area contributed by atoms with Crippen molar-refractivity contribution < 1.29 is 23.4 Å². The molecular formula is C6H4F3NO2. The Kier molecular flexibility index (Phi) is 1.75. The van der Waals surface area contributed by atoms with Crippen LogP contribution in [0.25, 0.3) is 0 Å². The largest absolute Gasteiger partial charge is 0.503 e. The number of rotatable bonds is 0. The first-order valence-corrected chi connectivity index (χ1v) is 2.80. The van der Waals surface area contributed by atoms with Gasteiger partial charge in [0.1, 0.15) is 5.69 Å². The Morgan fingerprint density at radius 1 is 0.833 bits per heavy atom. The van der Waals surface area contributed by atoms with E-state index < -0.39 is 34.6 Å². The molecule has 0 atom stereocenters. The fourth-order valence-electron chi connectivity index (χ4n) is 0.656. The summed E-state index contributed by atoms with van der Waals surface area (Å²) in [5, 5.41) is 17.1. The molecule has 3 nitrogen and oxygen atoms in total. The lowest BCUT2D eigenvalue weighted by atomic mass is 10.2. The molecule has 1 rings (SSSR count). The van der Waals surface area contributed by atoms with Crippen LogP contribution < -0.4 is 5.73 Å². The number of nitrogens with two attached hydrogens (primary N) is 1. The van der Waals surface area contributed by atoms with Crippen molar-refractivity contribution in [2.45, 2.75) is 0 Å². The second kappa shape index (κ2) is 2.47. The van der Waals surface area contributed by atoms with Crippen LogP contribution in [0.2, 0.25) is 0 Å². The molecule has 0 bridgehead atoms. The van der Waals surface area contributed by atoms with Gasteiger partial charge in [-0.3, -0.25) is 0 Å². The summed E-state index contributed by atoms with van der Waals surface area (Å²) in [6.45, 7) is 0. The summed E-state index contributed by atoms with van der Waals surface area (Å²) in [7, 11) is 0. The maximum Gasteiger partial charge on any atom is 0.212 e. The van der Waals surface area contributed by atoms with E-state index in [2.05, 4.69) is 0 Å². The topological polar surface area (TPSA) is 66.5 Å². The van der Waals surface area contributed by atoms with Crippen LogP contribution in [-0.2, 0) is 0 Å². The zero-order valence-corrected chi connectivity index (χ0v) is 5.61. The van der Waals surface area contributed by atoms with E-state index in [0.717, 1.165) is 0 Å². The summed E-state index contributed by atoms with van der Waals surface area (Å²) in [5.74, 6) is -8.00. The van der Waals surface area contributed by atoms with Crippen molar-refractivity contribution in [2.75, 3.05) is 5.73 Å². The van der Waals surface area contributed by atoms with E-state index in [9.17, 15) is 13.2 Å². The lowest BCUT2D eigenvalue weighted by Gasteiger charge is -2.04. The molecule has 0 aliphatic rings. The Morgan fingerprint density at radius 2 is 1.17 bits per heavy atom. The quantitative estimate of drug-likeness (QED) is 0.522. The Balaban J connectivity index is 3.60. The zero-order chi connectivity index (χ0) is 9.46. The van der Waals surface area contributed by atoms with Gasteiger partial charge in [-0.15, -0.1) is 0 Å². The molecule has 0 fully saturated rings. The summed E-state index contributed by atoms with van der Waals surface area (Å²) >= 11 is 0. The van der Waals surface area contributed by atoms with Crippen LogP contribution in [0.15, 0.2) is 0 Å². The van der Waals surface area contributed by atoms with Crippen LogP contribution in [-0.4, -0.2) is 10.2 Å². The van der Waals surface area contributed by atoms with E-state index in [1.54, 1.807) is 0 Å². The summed E-state index contributed by atoms with van der Waals surface area (Å²) in [4.78, 5) is 0. The molecule has 0 saturated heterocycles. The highest BCUT2D eigenvalue weighted by molar-refractivity contribution is 5.53. The van der Waals surface area contributed by atoms with Crippen LogP contribution in [0.1, 0.15) is 0 Å². The van der Waals surface area contributed by atoms with Crippen molar-refractivity contribution in [3.63, 3.8) is 0 Å². The molecule has 0 amide bonds. The average Bonchev–Trinajstić information content (AvgIpc) is 2.08. The van der Waals surface area contributed by atoms with Crippen molar-refractivity contribution in [1.29, 1.82) is 0 Å². The molecule has 0 spiro atoms. The van der Waals surface area contributed by atoms with E-state index in [-0.39, 0.29) is 0 Å². The van der Waals surface area contributed by atoms with Crippen molar-refractivity contribution in [2.24, 2.45) is 0 Å². The first-order chi connectivity index (χ1) is 5.46. The molecule has 1 aromatic rings. The predicted octanol–water partition coefficient (Wildman–Crippen LogP) is 1.10. The van der Waals surface area contributed by atoms with Crippen LogP contribution in [0.4, 0.5) is 18.9 Å². The minimum Gasteiger partial charge on any atom is -0.503 e. The molecular weight excluding hydrogens is 175 g/mol. The third-order valence-electron chi connectivity index (χ3n) is 1.30. The van der Waals surface area contributed by atoms with Crippen LogP contribution in [0.3, 0.4) is 0 Å². The van der Waals surface area contributed by atoms with Crippen LogP contribution >= 0.6 is 0 Å². The number of benzene rings is 1. The van der Waals surface area contributed by atoms with Gasteiger partial charge in [0.05, 0.1) is 0 Å². The number of nitrogen functional groups attached to an aromatic ring is 1. The number of hydrogen-bond donors (Lipinski definition) is 3. The van der Waals surface area contributed by atoms with Gasteiger partial charge in [0, 0.05) is 0 Å². The number of halogens is 3. The van der Waals surface area contributed by atoms with E-state index in [4.69, 9.17) is 15.9 Å². The van der Waals surface area contributed by atoms with Crippen molar-refractivity contribution in [3.05, 3.63) is 17.5 Å². The van der Waals surface area contributed by atoms with Crippen molar-refractivity contribution in [3.8, 4) is 11.5 Å². The summed E-state index contributed by atoms with van der Waals surface area (Å²) in [6.07, 6.45) is 0. The fourth-order valence-corrected chi connectivity index (χ4v) is 0.656. The van der Waals surface area contributed by atoms with Gasteiger partial charge in [-0.2, -0.15) is 4.39 Å². The molecule has 1 aromatic carbocycles. The third kappa shape index (κ3) is 0.919. The van der Waals surface area contributed by atoms with E-state index >= 15 is 0 Å². The monoisotopic (exact) mass is 179 g/mol. The predicted molar refractivity (Wildman–Crippen MR) is 34.1 cm³/mol. The highest BCUT2D eigenvalue weighted by atomic mass is 19.1. The molecule has 0 aliphatic heterocycles. The van der Waals surface area contributed by atoms with Gasteiger partial charge in [0.15, 0.2) is 23.1 Å². The van der Waals surface area contributed by atoms with Gasteiger partial charge < -0.3 is 15.9 Å². The summed E-state index contributed by atoms with van der Waals surface area (Å²) < 4.78 is 37.3. The molecule has 0 aromatic heterocycles. The lowest BCUT2D eigenvalue weighted by molar-refractivity contribution is 0.349. The third-order valence-corrected chi connectivity index (χ3v) is 1.30. The smallest absolute Gasteiger partial charge is 0.212 e. The van der Waals surface area contributed by atoms with E-state index in [1.165, 1.54) is 0 Å². The molecule has 0 heterocycles. The summed E-state index contributed by atoms with van der Waals surface area (Å²) in [5.41, 5.74) is 3.60. The molecule has 0 aliphatic carbocycles. The highest BCUT2D eigenvalue weighted by Crippen LogP contribution is 2.35. The second-order valence-electron chi connectivity index (χ2n) is 2.05. The first-order valence-electron chi connectivity index (χ1n) is 2.80. The number of phenols is 2.